The summed E-state index contributed by atoms with van der Waals surface area (Å²) >= 11 is 5.90. The molecule has 0 bridgehead atoms. The zero-order valence-electron chi connectivity index (χ0n) is 12.4. The molecule has 1 fully saturated rings. The van der Waals surface area contributed by atoms with Crippen LogP contribution in [0.4, 0.5) is 10.7 Å². The highest BCUT2D eigenvalue weighted by atomic mass is 35.5. The predicted octanol–water partition coefficient (Wildman–Crippen LogP) is 2.86. The van der Waals surface area contributed by atoms with Gasteiger partial charge < -0.3 is 15.0 Å². The third-order valence-corrected chi connectivity index (χ3v) is 3.79. The highest BCUT2D eigenvalue weighted by Crippen LogP contribution is 2.17. The van der Waals surface area contributed by atoms with Crippen molar-refractivity contribution in [2.45, 2.75) is 39.2 Å². The van der Waals surface area contributed by atoms with E-state index < -0.39 is 0 Å². The van der Waals surface area contributed by atoms with Crippen molar-refractivity contribution >= 4 is 23.6 Å². The molecule has 0 aliphatic carbocycles. The number of amides is 1. The number of hydrogen-bond donors (Lipinski definition) is 1. The van der Waals surface area contributed by atoms with Gasteiger partial charge in [-0.1, -0.05) is 24.9 Å². The van der Waals surface area contributed by atoms with E-state index in [4.69, 9.17) is 16.3 Å². The SMILES string of the molecule is CCCCOC(=O)N1CCC(Nc2ncc(Cl)c(C)n2)C1. The Bertz CT molecular complexity index is 498. The van der Waals surface area contributed by atoms with Gasteiger partial charge in [0.1, 0.15) is 0 Å². The molecular weight excluding hydrogens is 292 g/mol. The van der Waals surface area contributed by atoms with E-state index in [0.29, 0.717) is 30.7 Å². The Hall–Kier alpha value is -1.56. The number of likely N-dealkylation sites (tertiary alicyclic amines) is 1. The van der Waals surface area contributed by atoms with E-state index in [2.05, 4.69) is 22.2 Å². The molecule has 1 unspecified atom stereocenters. The predicted molar refractivity (Wildman–Crippen MR) is 81.6 cm³/mol. The Morgan fingerprint density at radius 2 is 2.43 bits per heavy atom. The van der Waals surface area contributed by atoms with Crippen LogP contribution in [0.15, 0.2) is 6.20 Å². The van der Waals surface area contributed by atoms with Gasteiger partial charge in [-0.3, -0.25) is 0 Å². The maximum Gasteiger partial charge on any atom is 0.409 e. The zero-order valence-corrected chi connectivity index (χ0v) is 13.2. The van der Waals surface area contributed by atoms with Gasteiger partial charge >= 0.3 is 6.09 Å². The molecule has 6 nitrogen and oxygen atoms in total. The summed E-state index contributed by atoms with van der Waals surface area (Å²) in [6.45, 7) is 5.69. The van der Waals surface area contributed by atoms with E-state index in [9.17, 15) is 4.79 Å². The summed E-state index contributed by atoms with van der Waals surface area (Å²) in [6.07, 6.45) is 4.12. The second-order valence-corrected chi connectivity index (χ2v) is 5.58. The summed E-state index contributed by atoms with van der Waals surface area (Å²) in [7, 11) is 0. The second-order valence-electron chi connectivity index (χ2n) is 5.17. The minimum Gasteiger partial charge on any atom is -0.449 e. The van der Waals surface area contributed by atoms with Crippen LogP contribution in [0.2, 0.25) is 5.02 Å². The number of hydrogen-bond acceptors (Lipinski definition) is 5. The number of aryl methyl sites for hydroxylation is 1. The van der Waals surface area contributed by atoms with Crippen molar-refractivity contribution in [2.24, 2.45) is 0 Å². The summed E-state index contributed by atoms with van der Waals surface area (Å²) < 4.78 is 5.21. The van der Waals surface area contributed by atoms with Gasteiger partial charge in [0.05, 0.1) is 23.5 Å². The summed E-state index contributed by atoms with van der Waals surface area (Å²) in [5, 5.41) is 3.78. The molecule has 0 saturated carbocycles. The van der Waals surface area contributed by atoms with Gasteiger partial charge in [-0.05, 0) is 19.8 Å². The molecule has 1 aliphatic rings. The number of ether oxygens (including phenoxy) is 1. The fourth-order valence-electron chi connectivity index (χ4n) is 2.14. The van der Waals surface area contributed by atoms with Crippen LogP contribution < -0.4 is 5.32 Å². The number of unbranched alkanes of at least 4 members (excludes halogenated alkanes) is 1. The molecule has 0 spiro atoms. The Morgan fingerprint density at radius 3 is 3.14 bits per heavy atom. The fraction of sp³-hybridized carbons (Fsp3) is 0.643. The molecular formula is C14H21ClN4O2. The van der Waals surface area contributed by atoms with E-state index in [1.54, 1.807) is 11.1 Å². The van der Waals surface area contributed by atoms with Crippen LogP contribution in [-0.2, 0) is 4.74 Å². The standard InChI is InChI=1S/C14H21ClN4O2/c1-3-4-7-21-14(20)19-6-5-11(9-19)18-13-16-8-12(15)10(2)17-13/h8,11H,3-7,9H2,1-2H3,(H,16,17,18). The first-order valence-corrected chi connectivity index (χ1v) is 7.65. The Labute approximate surface area is 129 Å². The quantitative estimate of drug-likeness (QED) is 0.847. The molecule has 2 heterocycles. The summed E-state index contributed by atoms with van der Waals surface area (Å²) in [5.41, 5.74) is 0.739. The lowest BCUT2D eigenvalue weighted by molar-refractivity contribution is 0.109. The molecule has 1 aromatic heterocycles. The van der Waals surface area contributed by atoms with E-state index in [1.165, 1.54) is 0 Å². The molecule has 1 N–H and O–H groups in total. The maximum absolute atomic E-state index is 11.8. The molecule has 7 heteroatoms. The van der Waals surface area contributed by atoms with E-state index in [1.807, 2.05) is 6.92 Å². The van der Waals surface area contributed by atoms with Gasteiger partial charge in [-0.2, -0.15) is 0 Å². The number of nitrogens with one attached hydrogen (secondary N) is 1. The number of anilines is 1. The Balaban J connectivity index is 1.82. The topological polar surface area (TPSA) is 67.3 Å². The number of rotatable bonds is 5. The molecule has 1 amide bonds. The molecule has 2 rings (SSSR count). The molecule has 1 atom stereocenters. The van der Waals surface area contributed by atoms with Crippen LogP contribution in [0.3, 0.4) is 0 Å². The van der Waals surface area contributed by atoms with E-state index in [-0.39, 0.29) is 12.1 Å². The average Bonchev–Trinajstić information content (AvgIpc) is 2.92. The average molecular weight is 313 g/mol. The molecule has 1 aromatic rings. The summed E-state index contributed by atoms with van der Waals surface area (Å²) in [4.78, 5) is 22.0. The summed E-state index contributed by atoms with van der Waals surface area (Å²) in [6, 6.07) is 0.143. The van der Waals surface area contributed by atoms with Gasteiger partial charge in [0.25, 0.3) is 0 Å². The van der Waals surface area contributed by atoms with Gasteiger partial charge in [0.2, 0.25) is 5.95 Å². The van der Waals surface area contributed by atoms with Crippen LogP contribution in [-0.4, -0.2) is 46.7 Å². The first-order chi connectivity index (χ1) is 10.1. The lowest BCUT2D eigenvalue weighted by Gasteiger charge is -2.17. The monoisotopic (exact) mass is 312 g/mol. The van der Waals surface area contributed by atoms with Crippen LogP contribution in [0.1, 0.15) is 31.9 Å². The molecule has 0 aromatic carbocycles. The van der Waals surface area contributed by atoms with Crippen molar-refractivity contribution in [2.75, 3.05) is 25.0 Å². The molecule has 0 radical (unpaired) electrons. The lowest BCUT2D eigenvalue weighted by atomic mass is 10.3. The smallest absolute Gasteiger partial charge is 0.409 e. The number of nitrogens with zero attached hydrogens (tertiary/aromatic N) is 3. The van der Waals surface area contributed by atoms with Crippen LogP contribution in [0.25, 0.3) is 0 Å². The largest absolute Gasteiger partial charge is 0.449 e. The van der Waals surface area contributed by atoms with Crippen molar-refractivity contribution in [1.29, 1.82) is 0 Å². The Kier molecular flexibility index (Phi) is 5.61. The van der Waals surface area contributed by atoms with Gasteiger partial charge in [0, 0.05) is 19.1 Å². The van der Waals surface area contributed by atoms with Gasteiger partial charge in [-0.15, -0.1) is 0 Å². The molecule has 21 heavy (non-hydrogen) atoms. The van der Waals surface area contributed by atoms with Crippen LogP contribution >= 0.6 is 11.6 Å². The van der Waals surface area contributed by atoms with Crippen molar-refractivity contribution in [3.05, 3.63) is 16.9 Å². The van der Waals surface area contributed by atoms with Crippen LogP contribution in [0.5, 0.6) is 0 Å². The zero-order chi connectivity index (χ0) is 15.2. The number of halogens is 1. The number of aromatic nitrogens is 2. The van der Waals surface area contributed by atoms with Crippen molar-refractivity contribution in [3.8, 4) is 0 Å². The highest BCUT2D eigenvalue weighted by Gasteiger charge is 2.27. The second kappa shape index (κ2) is 7.45. The highest BCUT2D eigenvalue weighted by molar-refractivity contribution is 6.31. The Morgan fingerprint density at radius 1 is 1.62 bits per heavy atom. The normalized spacial score (nSPS) is 17.9. The lowest BCUT2D eigenvalue weighted by Crippen LogP contribution is -2.32. The van der Waals surface area contributed by atoms with Crippen molar-refractivity contribution < 1.29 is 9.53 Å². The minimum absolute atomic E-state index is 0.143. The first kappa shape index (κ1) is 15.8. The number of carbonyl (C=O) groups is 1. The summed E-state index contributed by atoms with van der Waals surface area (Å²) in [5.74, 6) is 0.545. The molecule has 1 saturated heterocycles. The van der Waals surface area contributed by atoms with E-state index in [0.717, 1.165) is 25.0 Å². The number of carbonyl (C=O) groups excluding carboxylic acids is 1. The third kappa shape index (κ3) is 4.46. The van der Waals surface area contributed by atoms with Crippen LogP contribution in [0, 0.1) is 6.92 Å². The van der Waals surface area contributed by atoms with Gasteiger partial charge in [0.15, 0.2) is 0 Å². The third-order valence-electron chi connectivity index (χ3n) is 3.42. The van der Waals surface area contributed by atoms with Gasteiger partial charge in [-0.25, -0.2) is 14.8 Å². The van der Waals surface area contributed by atoms with Crippen molar-refractivity contribution in [3.63, 3.8) is 0 Å². The molecule has 1 aliphatic heterocycles. The molecule has 116 valence electrons. The first-order valence-electron chi connectivity index (χ1n) is 7.27. The fourth-order valence-corrected chi connectivity index (χ4v) is 2.23. The van der Waals surface area contributed by atoms with E-state index >= 15 is 0 Å². The minimum atomic E-state index is -0.235. The maximum atomic E-state index is 11.8. The van der Waals surface area contributed by atoms with Crippen molar-refractivity contribution in [1.82, 2.24) is 14.9 Å².